The van der Waals surface area contributed by atoms with Gasteiger partial charge in [-0.2, -0.15) is 0 Å². The lowest BCUT2D eigenvalue weighted by Gasteiger charge is -2.10. The van der Waals surface area contributed by atoms with Crippen LogP contribution in [0.5, 0.6) is 0 Å². The van der Waals surface area contributed by atoms with Crippen molar-refractivity contribution in [1.82, 2.24) is 4.98 Å². The van der Waals surface area contributed by atoms with Gasteiger partial charge < -0.3 is 10.7 Å². The summed E-state index contributed by atoms with van der Waals surface area (Å²) in [6.45, 7) is 0. The maximum Gasteiger partial charge on any atom is 0.257 e. The normalized spacial score (nSPS) is 12.8. The van der Waals surface area contributed by atoms with Crippen LogP contribution in [0, 0.1) is 0 Å². The van der Waals surface area contributed by atoms with E-state index in [9.17, 15) is 8.78 Å². The second-order valence-corrected chi connectivity index (χ2v) is 3.18. The molecule has 0 unspecified atom stereocenters. The Kier molecular flexibility index (Phi) is 3.66. The summed E-state index contributed by atoms with van der Waals surface area (Å²) < 4.78 is 24.6. The van der Waals surface area contributed by atoms with Gasteiger partial charge in [0.05, 0.1) is 6.04 Å². The van der Waals surface area contributed by atoms with Gasteiger partial charge >= 0.3 is 0 Å². The van der Waals surface area contributed by atoms with Crippen molar-refractivity contribution in [2.24, 2.45) is 5.73 Å². The first-order chi connectivity index (χ1) is 6.68. The molecule has 0 saturated heterocycles. The molecule has 82 valence electrons. The number of nitrogens with two attached hydrogens (primary N) is 1. The highest BCUT2D eigenvalue weighted by Gasteiger charge is 2.17. The molecule has 0 radical (unpaired) electrons. The highest BCUT2D eigenvalue weighted by Crippen LogP contribution is 2.21. The largest absolute Gasteiger partial charge is 0.361 e. The first-order valence-corrected chi connectivity index (χ1v) is 4.29. The van der Waals surface area contributed by atoms with E-state index in [1.54, 1.807) is 24.4 Å². The maximum atomic E-state index is 12.3. The van der Waals surface area contributed by atoms with Crippen molar-refractivity contribution in [3.8, 4) is 0 Å². The number of alkyl halides is 2. The average Bonchev–Trinajstić information content (AvgIpc) is 2.62. The van der Waals surface area contributed by atoms with Gasteiger partial charge in [0.15, 0.2) is 0 Å². The zero-order valence-corrected chi connectivity index (χ0v) is 8.60. The van der Waals surface area contributed by atoms with Crippen LogP contribution in [0.3, 0.4) is 0 Å². The molecule has 0 aliphatic rings. The van der Waals surface area contributed by atoms with Crippen LogP contribution >= 0.6 is 12.4 Å². The van der Waals surface area contributed by atoms with Crippen molar-refractivity contribution in [2.75, 3.05) is 0 Å². The van der Waals surface area contributed by atoms with E-state index in [-0.39, 0.29) is 12.4 Å². The minimum atomic E-state index is -2.53. The first-order valence-electron chi connectivity index (χ1n) is 4.29. The van der Waals surface area contributed by atoms with Gasteiger partial charge in [-0.05, 0) is 23.1 Å². The Balaban J connectivity index is 0.00000112. The summed E-state index contributed by atoms with van der Waals surface area (Å²) in [6.07, 6.45) is -0.759. The number of hydrogen-bond acceptors (Lipinski definition) is 1. The van der Waals surface area contributed by atoms with Gasteiger partial charge in [0.1, 0.15) is 0 Å². The molecule has 0 spiro atoms. The number of hydrogen-bond donors (Lipinski definition) is 2. The molecule has 1 heterocycles. The predicted octanol–water partition coefficient (Wildman–Crippen LogP) is 2.85. The van der Waals surface area contributed by atoms with E-state index >= 15 is 0 Å². The van der Waals surface area contributed by atoms with Crippen LogP contribution in [0.1, 0.15) is 11.6 Å². The lowest BCUT2D eigenvalue weighted by atomic mass is 10.1. The van der Waals surface area contributed by atoms with Crippen LogP contribution in [0.4, 0.5) is 8.78 Å². The van der Waals surface area contributed by atoms with Gasteiger partial charge in [-0.15, -0.1) is 12.4 Å². The number of aromatic amines is 1. The van der Waals surface area contributed by atoms with E-state index in [2.05, 4.69) is 4.98 Å². The van der Waals surface area contributed by atoms with E-state index in [4.69, 9.17) is 5.73 Å². The number of nitrogens with one attached hydrogen (secondary N) is 1. The second kappa shape index (κ2) is 4.59. The Bertz CT molecular complexity index is 442. The average molecular weight is 233 g/mol. The topological polar surface area (TPSA) is 41.8 Å². The van der Waals surface area contributed by atoms with Gasteiger partial charge in [0, 0.05) is 11.7 Å². The zero-order valence-electron chi connectivity index (χ0n) is 7.78. The fraction of sp³-hybridized carbons (Fsp3) is 0.200. The summed E-state index contributed by atoms with van der Waals surface area (Å²) in [5, 5.41) is 0.996. The van der Waals surface area contributed by atoms with Crippen molar-refractivity contribution in [3.05, 3.63) is 36.0 Å². The van der Waals surface area contributed by atoms with Crippen molar-refractivity contribution in [3.63, 3.8) is 0 Å². The maximum absolute atomic E-state index is 12.3. The summed E-state index contributed by atoms with van der Waals surface area (Å²) in [5.74, 6) is 0. The highest BCUT2D eigenvalue weighted by molar-refractivity contribution is 5.85. The summed E-state index contributed by atoms with van der Waals surface area (Å²) in [4.78, 5) is 2.95. The zero-order chi connectivity index (χ0) is 10.1. The summed E-state index contributed by atoms with van der Waals surface area (Å²) in [6, 6.07) is 5.75. The van der Waals surface area contributed by atoms with Crippen LogP contribution in [0.2, 0.25) is 0 Å². The monoisotopic (exact) mass is 232 g/mol. The molecule has 0 saturated carbocycles. The van der Waals surface area contributed by atoms with E-state index < -0.39 is 12.5 Å². The molecule has 0 aliphatic carbocycles. The smallest absolute Gasteiger partial charge is 0.257 e. The van der Waals surface area contributed by atoms with Gasteiger partial charge in [0.2, 0.25) is 0 Å². The minimum Gasteiger partial charge on any atom is -0.361 e. The molecular weight excluding hydrogens is 222 g/mol. The van der Waals surface area contributed by atoms with Gasteiger partial charge in [-0.25, -0.2) is 8.78 Å². The van der Waals surface area contributed by atoms with Crippen LogP contribution in [-0.2, 0) is 0 Å². The molecule has 1 aromatic heterocycles. The summed E-state index contributed by atoms with van der Waals surface area (Å²) in [7, 11) is 0. The van der Waals surface area contributed by atoms with Crippen LogP contribution in [0.15, 0.2) is 30.5 Å². The van der Waals surface area contributed by atoms with Gasteiger partial charge in [-0.1, -0.05) is 12.1 Å². The number of aromatic nitrogens is 1. The fourth-order valence-electron chi connectivity index (χ4n) is 1.42. The highest BCUT2D eigenvalue weighted by atomic mass is 35.5. The van der Waals surface area contributed by atoms with Crippen LogP contribution in [-0.4, -0.2) is 11.4 Å². The van der Waals surface area contributed by atoms with Crippen LogP contribution in [0.25, 0.3) is 10.9 Å². The molecule has 0 amide bonds. The molecule has 3 N–H and O–H groups in total. The van der Waals surface area contributed by atoms with Crippen molar-refractivity contribution >= 4 is 23.3 Å². The summed E-state index contributed by atoms with van der Waals surface area (Å²) in [5.41, 5.74) is 6.62. The second-order valence-electron chi connectivity index (χ2n) is 3.18. The number of rotatable bonds is 2. The first kappa shape index (κ1) is 11.9. The third-order valence-electron chi connectivity index (χ3n) is 2.24. The lowest BCUT2D eigenvalue weighted by molar-refractivity contribution is 0.116. The molecule has 2 nitrogen and oxygen atoms in total. The molecule has 15 heavy (non-hydrogen) atoms. The Labute approximate surface area is 91.9 Å². The third kappa shape index (κ3) is 2.27. The Hall–Kier alpha value is -1.13. The molecule has 2 rings (SSSR count). The Morgan fingerprint density at radius 1 is 1.20 bits per heavy atom. The van der Waals surface area contributed by atoms with Gasteiger partial charge in [0.25, 0.3) is 6.43 Å². The fourth-order valence-corrected chi connectivity index (χ4v) is 1.42. The number of halogens is 3. The minimum absolute atomic E-state index is 0. The number of H-pyrrole nitrogens is 1. The molecule has 0 fully saturated rings. The Morgan fingerprint density at radius 2 is 1.93 bits per heavy atom. The molecule has 1 aromatic carbocycles. The van der Waals surface area contributed by atoms with E-state index in [0.29, 0.717) is 5.56 Å². The van der Waals surface area contributed by atoms with Gasteiger partial charge in [-0.3, -0.25) is 0 Å². The molecular formula is C10H11ClF2N2. The number of benzene rings is 1. The summed E-state index contributed by atoms with van der Waals surface area (Å²) >= 11 is 0. The van der Waals surface area contributed by atoms with Crippen molar-refractivity contribution in [2.45, 2.75) is 12.5 Å². The quantitative estimate of drug-likeness (QED) is 0.822. The van der Waals surface area contributed by atoms with E-state index in [1.165, 1.54) is 0 Å². The van der Waals surface area contributed by atoms with E-state index in [1.807, 2.05) is 6.07 Å². The SMILES string of the molecule is Cl.N[C@@H](c1ccc2cc[nH]c2c1)C(F)F. The van der Waals surface area contributed by atoms with Crippen LogP contribution < -0.4 is 5.73 Å². The molecule has 0 bridgehead atoms. The van der Waals surface area contributed by atoms with Crippen molar-refractivity contribution < 1.29 is 8.78 Å². The lowest BCUT2D eigenvalue weighted by Crippen LogP contribution is -2.18. The number of fused-ring (bicyclic) bond motifs is 1. The van der Waals surface area contributed by atoms with Crippen molar-refractivity contribution in [1.29, 1.82) is 0 Å². The molecule has 2 aromatic rings. The third-order valence-corrected chi connectivity index (χ3v) is 2.24. The van der Waals surface area contributed by atoms with E-state index in [0.717, 1.165) is 10.9 Å². The Morgan fingerprint density at radius 3 is 2.60 bits per heavy atom. The standard InChI is InChI=1S/C10H10F2N2.ClH/c11-10(12)9(13)7-2-1-6-3-4-14-8(6)5-7;/h1-5,9-10,14H,13H2;1H/t9-;/m0./s1. The molecule has 1 atom stereocenters. The predicted molar refractivity (Wildman–Crippen MR) is 58.5 cm³/mol. The molecule has 0 aliphatic heterocycles. The molecule has 5 heteroatoms.